The number of hydrogen-bond donors (Lipinski definition) is 1. The molecule has 2 heterocycles. The monoisotopic (exact) mass is 360 g/mol. The maximum absolute atomic E-state index is 4.45. The Morgan fingerprint density at radius 3 is 2.55 bits per heavy atom. The van der Waals surface area contributed by atoms with Crippen molar-refractivity contribution in [3.63, 3.8) is 0 Å². The van der Waals surface area contributed by atoms with Crippen LogP contribution in [-0.2, 0) is 0 Å². The molecule has 0 saturated carbocycles. The second kappa shape index (κ2) is 7.09. The Kier molecular flexibility index (Phi) is 4.93. The average molecular weight is 361 g/mol. The van der Waals surface area contributed by atoms with E-state index in [1.54, 1.807) is 6.33 Å². The summed E-state index contributed by atoms with van der Waals surface area (Å²) in [6, 6.07) is 8.29. The molecule has 1 N–H and O–H groups in total. The van der Waals surface area contributed by atoms with Crippen LogP contribution in [0.25, 0.3) is 0 Å². The van der Waals surface area contributed by atoms with Gasteiger partial charge in [0.1, 0.15) is 18.0 Å². The van der Waals surface area contributed by atoms with Crippen LogP contribution in [0, 0.1) is 6.92 Å². The van der Waals surface area contributed by atoms with Crippen LogP contribution in [-0.4, -0.2) is 23.1 Å². The minimum absolute atomic E-state index is 0.832. The molecule has 1 saturated heterocycles. The molecule has 1 aliphatic heterocycles. The molecule has 0 unspecified atom stereocenters. The van der Waals surface area contributed by atoms with E-state index in [1.807, 2.05) is 6.07 Å². The number of benzene rings is 1. The standard InChI is InChI=1S/C17H21BrN4/c1-13-6-7-15(14(18)10-13)21-16-11-17(20-12-19-16)22-8-4-2-3-5-9-22/h6-7,10-12H,2-5,8-9H2,1H3,(H,19,20,21). The molecule has 1 fully saturated rings. The van der Waals surface area contributed by atoms with Crippen molar-refractivity contribution in [3.05, 3.63) is 40.6 Å². The Bertz CT molecular complexity index is 636. The molecular weight excluding hydrogens is 340 g/mol. The molecule has 22 heavy (non-hydrogen) atoms. The maximum atomic E-state index is 4.45. The van der Waals surface area contributed by atoms with Gasteiger partial charge in [0.15, 0.2) is 0 Å². The molecule has 1 aromatic carbocycles. The molecule has 0 bridgehead atoms. The molecule has 0 atom stereocenters. The fraction of sp³-hybridized carbons (Fsp3) is 0.412. The van der Waals surface area contributed by atoms with Crippen LogP contribution in [0.3, 0.4) is 0 Å². The van der Waals surface area contributed by atoms with Crippen molar-refractivity contribution in [2.24, 2.45) is 0 Å². The van der Waals surface area contributed by atoms with Gasteiger partial charge in [-0.1, -0.05) is 18.9 Å². The fourth-order valence-corrected chi connectivity index (χ4v) is 3.34. The fourth-order valence-electron chi connectivity index (χ4n) is 2.75. The third-order valence-corrected chi connectivity index (χ3v) is 4.63. The van der Waals surface area contributed by atoms with Crippen LogP contribution in [0.5, 0.6) is 0 Å². The Hall–Kier alpha value is -1.62. The highest BCUT2D eigenvalue weighted by atomic mass is 79.9. The molecule has 0 radical (unpaired) electrons. The summed E-state index contributed by atoms with van der Waals surface area (Å²) >= 11 is 3.59. The first-order valence-electron chi connectivity index (χ1n) is 7.82. The van der Waals surface area contributed by atoms with Crippen molar-refractivity contribution < 1.29 is 0 Å². The second-order valence-corrected chi connectivity index (χ2v) is 6.63. The van der Waals surface area contributed by atoms with Crippen molar-refractivity contribution in [3.8, 4) is 0 Å². The van der Waals surface area contributed by atoms with Gasteiger partial charge in [-0.15, -0.1) is 0 Å². The van der Waals surface area contributed by atoms with Gasteiger partial charge in [0.25, 0.3) is 0 Å². The molecular formula is C17H21BrN4. The van der Waals surface area contributed by atoms with Crippen LogP contribution < -0.4 is 10.2 Å². The van der Waals surface area contributed by atoms with Crippen molar-refractivity contribution in [1.82, 2.24) is 9.97 Å². The topological polar surface area (TPSA) is 41.0 Å². The second-order valence-electron chi connectivity index (χ2n) is 5.77. The summed E-state index contributed by atoms with van der Waals surface area (Å²) in [6.45, 7) is 4.26. The van der Waals surface area contributed by atoms with Crippen LogP contribution in [0.1, 0.15) is 31.2 Å². The van der Waals surface area contributed by atoms with Crippen LogP contribution >= 0.6 is 15.9 Å². The third kappa shape index (κ3) is 3.77. The zero-order chi connectivity index (χ0) is 15.4. The Labute approximate surface area is 140 Å². The smallest absolute Gasteiger partial charge is 0.135 e. The van der Waals surface area contributed by atoms with E-state index in [0.29, 0.717) is 0 Å². The van der Waals surface area contributed by atoms with Crippen molar-refractivity contribution >= 4 is 33.3 Å². The number of nitrogens with one attached hydrogen (secondary N) is 1. The molecule has 2 aromatic rings. The highest BCUT2D eigenvalue weighted by molar-refractivity contribution is 9.10. The van der Waals surface area contributed by atoms with Gasteiger partial charge in [-0.2, -0.15) is 0 Å². The Balaban J connectivity index is 1.78. The molecule has 0 amide bonds. The first kappa shape index (κ1) is 15.3. The van der Waals surface area contributed by atoms with Crippen LogP contribution in [0.4, 0.5) is 17.3 Å². The summed E-state index contributed by atoms with van der Waals surface area (Å²) in [5.41, 5.74) is 2.25. The maximum Gasteiger partial charge on any atom is 0.135 e. The minimum atomic E-state index is 0.832. The van der Waals surface area contributed by atoms with Gasteiger partial charge < -0.3 is 10.2 Å². The van der Waals surface area contributed by atoms with E-state index in [9.17, 15) is 0 Å². The number of aryl methyl sites for hydroxylation is 1. The van der Waals surface area contributed by atoms with Gasteiger partial charge in [0.05, 0.1) is 5.69 Å². The van der Waals surface area contributed by atoms with E-state index >= 15 is 0 Å². The van der Waals surface area contributed by atoms with Gasteiger partial charge in [0.2, 0.25) is 0 Å². The van der Waals surface area contributed by atoms with Crippen molar-refractivity contribution in [2.45, 2.75) is 32.6 Å². The summed E-state index contributed by atoms with van der Waals surface area (Å²) in [6.07, 6.45) is 6.78. The normalized spacial score (nSPS) is 15.5. The van der Waals surface area contributed by atoms with E-state index in [-0.39, 0.29) is 0 Å². The molecule has 1 aromatic heterocycles. The Morgan fingerprint density at radius 2 is 1.82 bits per heavy atom. The number of aromatic nitrogens is 2. The number of nitrogens with zero attached hydrogens (tertiary/aromatic N) is 3. The number of hydrogen-bond acceptors (Lipinski definition) is 4. The number of anilines is 3. The third-order valence-electron chi connectivity index (χ3n) is 3.97. The lowest BCUT2D eigenvalue weighted by Crippen LogP contribution is -2.25. The summed E-state index contributed by atoms with van der Waals surface area (Å²) in [4.78, 5) is 11.2. The lowest BCUT2D eigenvalue weighted by molar-refractivity contribution is 0.726. The van der Waals surface area contributed by atoms with E-state index < -0.39 is 0 Å². The molecule has 0 aliphatic carbocycles. The lowest BCUT2D eigenvalue weighted by atomic mass is 10.2. The quantitative estimate of drug-likeness (QED) is 0.863. The van der Waals surface area contributed by atoms with Crippen molar-refractivity contribution in [1.29, 1.82) is 0 Å². The van der Waals surface area contributed by atoms with Gasteiger partial charge >= 0.3 is 0 Å². The van der Waals surface area contributed by atoms with Crippen LogP contribution in [0.2, 0.25) is 0 Å². The largest absolute Gasteiger partial charge is 0.356 e. The highest BCUT2D eigenvalue weighted by Gasteiger charge is 2.12. The zero-order valence-corrected chi connectivity index (χ0v) is 14.4. The SMILES string of the molecule is Cc1ccc(Nc2cc(N3CCCCCC3)ncn2)c(Br)c1. The predicted molar refractivity (Wildman–Crippen MR) is 94.9 cm³/mol. The number of rotatable bonds is 3. The first-order chi connectivity index (χ1) is 10.7. The van der Waals surface area contributed by atoms with E-state index in [4.69, 9.17) is 0 Å². The van der Waals surface area contributed by atoms with E-state index in [0.717, 1.165) is 34.9 Å². The lowest BCUT2D eigenvalue weighted by Gasteiger charge is -2.21. The van der Waals surface area contributed by atoms with E-state index in [2.05, 4.69) is 61.2 Å². The number of halogens is 1. The summed E-state index contributed by atoms with van der Waals surface area (Å²) in [7, 11) is 0. The molecule has 116 valence electrons. The molecule has 1 aliphatic rings. The van der Waals surface area contributed by atoms with E-state index in [1.165, 1.54) is 31.2 Å². The molecule has 4 nitrogen and oxygen atoms in total. The molecule has 5 heteroatoms. The van der Waals surface area contributed by atoms with Crippen molar-refractivity contribution in [2.75, 3.05) is 23.3 Å². The molecule has 0 spiro atoms. The Morgan fingerprint density at radius 1 is 1.05 bits per heavy atom. The first-order valence-corrected chi connectivity index (χ1v) is 8.62. The van der Waals surface area contributed by atoms with Gasteiger partial charge in [0, 0.05) is 23.6 Å². The minimum Gasteiger partial charge on any atom is -0.356 e. The average Bonchev–Trinajstić information content (AvgIpc) is 2.80. The highest BCUT2D eigenvalue weighted by Crippen LogP contribution is 2.27. The van der Waals surface area contributed by atoms with Gasteiger partial charge in [-0.3, -0.25) is 0 Å². The predicted octanol–water partition coefficient (Wildman–Crippen LogP) is 4.67. The van der Waals surface area contributed by atoms with Crippen LogP contribution in [0.15, 0.2) is 35.1 Å². The summed E-state index contributed by atoms with van der Waals surface area (Å²) < 4.78 is 1.04. The van der Waals surface area contributed by atoms with Gasteiger partial charge in [-0.05, 0) is 53.4 Å². The zero-order valence-electron chi connectivity index (χ0n) is 12.8. The van der Waals surface area contributed by atoms with Gasteiger partial charge in [-0.25, -0.2) is 9.97 Å². The summed E-state index contributed by atoms with van der Waals surface area (Å²) in [5.74, 6) is 1.85. The molecule has 3 rings (SSSR count). The summed E-state index contributed by atoms with van der Waals surface area (Å²) in [5, 5.41) is 3.37.